The Morgan fingerprint density at radius 3 is 2.71 bits per heavy atom. The van der Waals surface area contributed by atoms with Gasteiger partial charge in [0.2, 0.25) is 0 Å². The summed E-state index contributed by atoms with van der Waals surface area (Å²) in [5.41, 5.74) is 13.9. The second kappa shape index (κ2) is 8.89. The zero-order chi connectivity index (χ0) is 15.8. The monoisotopic (exact) mass is 292 g/mol. The maximum Gasteiger partial charge on any atom is 0.159 e. The normalized spacial score (nSPS) is 14.2. The van der Waals surface area contributed by atoms with Crippen molar-refractivity contribution in [1.29, 1.82) is 0 Å². The Kier molecular flexibility index (Phi) is 7.53. The average Bonchev–Trinajstić information content (AvgIpc) is 2.49. The van der Waals surface area contributed by atoms with Crippen molar-refractivity contribution >= 4 is 5.78 Å². The summed E-state index contributed by atoms with van der Waals surface area (Å²) < 4.78 is 0. The van der Waals surface area contributed by atoms with Gasteiger partial charge in [-0.2, -0.15) is 0 Å². The van der Waals surface area contributed by atoms with Gasteiger partial charge in [-0.05, 0) is 39.2 Å². The van der Waals surface area contributed by atoms with E-state index in [0.29, 0.717) is 12.1 Å². The zero-order valence-electron chi connectivity index (χ0n) is 13.3. The fourth-order valence-corrected chi connectivity index (χ4v) is 2.37. The Morgan fingerprint density at radius 2 is 2.14 bits per heavy atom. The second-order valence-corrected chi connectivity index (χ2v) is 5.57. The highest BCUT2D eigenvalue weighted by atomic mass is 16.1. The molecule has 1 aromatic rings. The number of nitrogens with two attached hydrogens (primary N) is 2. The summed E-state index contributed by atoms with van der Waals surface area (Å²) in [5.74, 6) is 0.216. The van der Waals surface area contributed by atoms with E-state index in [2.05, 4.69) is 17.3 Å². The Morgan fingerprint density at radius 1 is 1.43 bits per heavy atom. The average molecular weight is 292 g/mol. The quantitative estimate of drug-likeness (QED) is 0.581. The van der Waals surface area contributed by atoms with Crippen LogP contribution >= 0.6 is 0 Å². The summed E-state index contributed by atoms with van der Waals surface area (Å²) in [6, 6.07) is 7.38. The summed E-state index contributed by atoms with van der Waals surface area (Å²) in [6.45, 7) is 4.81. The predicted octanol–water partition coefficient (Wildman–Crippen LogP) is 0.615. The molecule has 0 heterocycles. The fraction of sp³-hybridized carbons (Fsp3) is 0.562. The van der Waals surface area contributed by atoms with Crippen LogP contribution in [0.5, 0.6) is 0 Å². The van der Waals surface area contributed by atoms with E-state index in [1.54, 1.807) is 6.92 Å². The highest BCUT2D eigenvalue weighted by Gasteiger charge is 2.20. The number of rotatable bonds is 9. The summed E-state index contributed by atoms with van der Waals surface area (Å²) in [7, 11) is 4.01. The summed E-state index contributed by atoms with van der Waals surface area (Å²) in [5, 5.41) is 3.13. The molecule has 0 radical (unpaired) electrons. The lowest BCUT2D eigenvalue weighted by Gasteiger charge is -2.28. The zero-order valence-corrected chi connectivity index (χ0v) is 13.3. The van der Waals surface area contributed by atoms with Crippen LogP contribution in [0, 0.1) is 5.92 Å². The lowest BCUT2D eigenvalue weighted by molar-refractivity contribution is 0.101. The molecule has 2 atom stereocenters. The van der Waals surface area contributed by atoms with Crippen LogP contribution in [0.2, 0.25) is 0 Å². The highest BCUT2D eigenvalue weighted by molar-refractivity contribution is 5.94. The number of carbonyl (C=O) groups is 1. The molecule has 0 aromatic heterocycles. The van der Waals surface area contributed by atoms with Crippen LogP contribution in [0.3, 0.4) is 0 Å². The largest absolute Gasteiger partial charge is 0.330 e. The number of Topliss-reactive ketones (excluding diaryl/α,β-unsaturated/α-hetero) is 1. The number of nitrogens with zero attached hydrogens (tertiary/aromatic N) is 1. The summed E-state index contributed by atoms with van der Waals surface area (Å²) in [4.78, 5) is 13.7. The van der Waals surface area contributed by atoms with Crippen molar-refractivity contribution in [3.8, 4) is 0 Å². The third kappa shape index (κ3) is 5.55. The van der Waals surface area contributed by atoms with Crippen molar-refractivity contribution in [3.05, 3.63) is 35.4 Å². The van der Waals surface area contributed by atoms with Crippen LogP contribution in [-0.4, -0.2) is 51.0 Å². The Balaban J connectivity index is 2.76. The highest BCUT2D eigenvalue weighted by Crippen LogP contribution is 2.21. The minimum atomic E-state index is -0.161. The molecule has 0 fully saturated rings. The van der Waals surface area contributed by atoms with Gasteiger partial charge in [0.25, 0.3) is 0 Å². The van der Waals surface area contributed by atoms with Crippen molar-refractivity contribution < 1.29 is 4.79 Å². The van der Waals surface area contributed by atoms with E-state index < -0.39 is 0 Å². The number of likely N-dealkylation sites (N-methyl/N-ethyl adjacent to an activating group) is 2. The Bertz CT molecular complexity index is 450. The number of carbonyl (C=O) groups excluding carboxylic acids is 1. The first kappa shape index (κ1) is 17.8. The lowest BCUT2D eigenvalue weighted by atomic mass is 9.92. The molecule has 0 saturated heterocycles. The third-order valence-electron chi connectivity index (χ3n) is 3.78. The lowest BCUT2D eigenvalue weighted by Crippen LogP contribution is -2.39. The van der Waals surface area contributed by atoms with Crippen LogP contribution in [0.15, 0.2) is 24.3 Å². The topological polar surface area (TPSA) is 84.4 Å². The number of hydrogen-bond acceptors (Lipinski definition) is 5. The van der Waals surface area contributed by atoms with Gasteiger partial charge in [-0.3, -0.25) is 4.79 Å². The standard InChI is InChI=1S/C16H28N4O/c1-12(21)13-5-4-6-14(9-13)16(18)15(10-17)11-20(3)8-7-19-2/h4-6,9,15-16,19H,7-8,10-11,17-18H2,1-3H3. The third-order valence-corrected chi connectivity index (χ3v) is 3.78. The molecule has 0 aliphatic carbocycles. The van der Waals surface area contributed by atoms with Gasteiger partial charge < -0.3 is 21.7 Å². The Labute approximate surface area is 127 Å². The molecule has 5 heteroatoms. The summed E-state index contributed by atoms with van der Waals surface area (Å²) in [6.07, 6.45) is 0. The molecule has 0 spiro atoms. The van der Waals surface area contributed by atoms with Crippen LogP contribution in [0.25, 0.3) is 0 Å². The van der Waals surface area contributed by atoms with Gasteiger partial charge in [-0.25, -0.2) is 0 Å². The molecule has 2 unspecified atom stereocenters. The van der Waals surface area contributed by atoms with E-state index in [-0.39, 0.29) is 17.7 Å². The van der Waals surface area contributed by atoms with Gasteiger partial charge >= 0.3 is 0 Å². The van der Waals surface area contributed by atoms with Gasteiger partial charge in [0.05, 0.1) is 0 Å². The van der Waals surface area contributed by atoms with E-state index in [1.165, 1.54) is 0 Å². The van der Waals surface area contributed by atoms with Crippen LogP contribution in [0.1, 0.15) is 28.9 Å². The summed E-state index contributed by atoms with van der Waals surface area (Å²) >= 11 is 0. The minimum Gasteiger partial charge on any atom is -0.330 e. The van der Waals surface area contributed by atoms with E-state index in [0.717, 1.165) is 25.2 Å². The van der Waals surface area contributed by atoms with Gasteiger partial charge in [-0.1, -0.05) is 18.2 Å². The molecule has 0 saturated carbocycles. The van der Waals surface area contributed by atoms with Crippen molar-refractivity contribution in [1.82, 2.24) is 10.2 Å². The number of nitrogens with one attached hydrogen (secondary N) is 1. The maximum absolute atomic E-state index is 11.5. The second-order valence-electron chi connectivity index (χ2n) is 5.57. The molecule has 0 amide bonds. The van der Waals surface area contributed by atoms with Crippen molar-refractivity contribution in [2.75, 3.05) is 40.3 Å². The molecular weight excluding hydrogens is 264 g/mol. The van der Waals surface area contributed by atoms with Crippen molar-refractivity contribution in [2.24, 2.45) is 17.4 Å². The minimum absolute atomic E-state index is 0.0551. The molecule has 0 bridgehead atoms. The smallest absolute Gasteiger partial charge is 0.159 e. The molecular formula is C16H28N4O. The molecule has 118 valence electrons. The van der Waals surface area contributed by atoms with E-state index >= 15 is 0 Å². The van der Waals surface area contributed by atoms with E-state index in [4.69, 9.17) is 11.5 Å². The number of ketones is 1. The molecule has 5 nitrogen and oxygen atoms in total. The van der Waals surface area contributed by atoms with Crippen molar-refractivity contribution in [2.45, 2.75) is 13.0 Å². The first-order chi connectivity index (χ1) is 9.99. The van der Waals surface area contributed by atoms with Crippen LogP contribution < -0.4 is 16.8 Å². The van der Waals surface area contributed by atoms with Gasteiger partial charge in [0, 0.05) is 37.2 Å². The van der Waals surface area contributed by atoms with Gasteiger partial charge in [0.15, 0.2) is 5.78 Å². The molecule has 1 aromatic carbocycles. The molecule has 0 aliphatic heterocycles. The van der Waals surface area contributed by atoms with E-state index in [9.17, 15) is 4.79 Å². The number of hydrogen-bond donors (Lipinski definition) is 3. The molecule has 21 heavy (non-hydrogen) atoms. The molecule has 1 rings (SSSR count). The molecule has 5 N–H and O–H groups in total. The maximum atomic E-state index is 11.5. The number of benzene rings is 1. The fourth-order valence-electron chi connectivity index (χ4n) is 2.37. The van der Waals surface area contributed by atoms with Crippen LogP contribution in [-0.2, 0) is 0 Å². The van der Waals surface area contributed by atoms with Gasteiger partial charge in [-0.15, -0.1) is 0 Å². The molecule has 0 aliphatic rings. The first-order valence-corrected chi connectivity index (χ1v) is 7.39. The van der Waals surface area contributed by atoms with Crippen LogP contribution in [0.4, 0.5) is 0 Å². The first-order valence-electron chi connectivity index (χ1n) is 7.39. The Hall–Kier alpha value is -1.27. The SMILES string of the molecule is CNCCN(C)CC(CN)C(N)c1cccc(C(C)=O)c1. The predicted molar refractivity (Wildman–Crippen MR) is 87.3 cm³/mol. The van der Waals surface area contributed by atoms with E-state index in [1.807, 2.05) is 31.3 Å². The van der Waals surface area contributed by atoms with Crippen molar-refractivity contribution in [3.63, 3.8) is 0 Å². The van der Waals surface area contributed by atoms with Gasteiger partial charge in [0.1, 0.15) is 0 Å².